The van der Waals surface area contributed by atoms with E-state index in [4.69, 9.17) is 25.8 Å². The minimum Gasteiger partial charge on any atom is -0.500 e. The van der Waals surface area contributed by atoms with Crippen molar-refractivity contribution in [1.82, 2.24) is 9.97 Å². The van der Waals surface area contributed by atoms with Crippen LogP contribution in [0.5, 0.6) is 0 Å². The van der Waals surface area contributed by atoms with Crippen LogP contribution in [0.1, 0.15) is 50.5 Å². The molecule has 0 aliphatic carbocycles. The number of hydrogen-bond acceptors (Lipinski definition) is 11. The second-order valence-corrected chi connectivity index (χ2v) is 8.81. The minimum atomic E-state index is -1.06. The second kappa shape index (κ2) is 23.3. The van der Waals surface area contributed by atoms with Crippen LogP contribution in [0.3, 0.4) is 0 Å². The summed E-state index contributed by atoms with van der Waals surface area (Å²) in [7, 11) is 0. The fraction of sp³-hybridized carbons (Fsp3) is 0.281. The van der Waals surface area contributed by atoms with E-state index in [2.05, 4.69) is 24.2 Å². The van der Waals surface area contributed by atoms with Crippen molar-refractivity contribution in [2.24, 2.45) is 5.73 Å². The van der Waals surface area contributed by atoms with Gasteiger partial charge in [0.1, 0.15) is 23.5 Å². The summed E-state index contributed by atoms with van der Waals surface area (Å²) >= 11 is 0. The van der Waals surface area contributed by atoms with Crippen molar-refractivity contribution in [2.75, 3.05) is 26.4 Å². The number of nitrogens with one attached hydrogen (secondary N) is 2. The van der Waals surface area contributed by atoms with E-state index in [0.717, 1.165) is 43.6 Å². The monoisotopic (exact) mass is 712 g/mol. The predicted octanol–water partition coefficient (Wildman–Crippen LogP) is 4.26. The molecule has 0 spiro atoms. The average molecular weight is 713 g/mol. The molecule has 18 heteroatoms. The van der Waals surface area contributed by atoms with Gasteiger partial charge in [0.2, 0.25) is 0 Å². The summed E-state index contributed by atoms with van der Waals surface area (Å²) in [5.74, 6) is -7.32. The summed E-state index contributed by atoms with van der Waals surface area (Å²) in [6, 6.07) is 6.16. The van der Waals surface area contributed by atoms with Gasteiger partial charge in [-0.25, -0.2) is 36.9 Å². The first kappa shape index (κ1) is 43.9. The third-order valence-electron chi connectivity index (χ3n) is 5.08. The molecule has 0 radical (unpaired) electrons. The van der Waals surface area contributed by atoms with Gasteiger partial charge in [-0.3, -0.25) is 15.0 Å². The number of carbonyl (C=O) groups is 4. The number of H-pyrrole nitrogens is 1. The summed E-state index contributed by atoms with van der Waals surface area (Å²) < 4.78 is 69.5. The van der Waals surface area contributed by atoms with Gasteiger partial charge in [0.25, 0.3) is 11.5 Å². The zero-order valence-electron chi connectivity index (χ0n) is 27.6. The van der Waals surface area contributed by atoms with Crippen LogP contribution >= 0.6 is 0 Å². The van der Waals surface area contributed by atoms with Gasteiger partial charge in [-0.05, 0) is 64.1 Å². The topological polar surface area (TPSA) is 221 Å². The number of carboxylic acid groups (broad SMARTS) is 1. The standard InChI is InChI=1S/C13H10F2N2O3.C10H16O5.C7H6F2N2.C2H4O2/c1-2-20-13(19)8-6-16-11(17-12(8)18)7-3-4-9(14)10(15)5-7;1-4-13-7-8(9(11)14-5-2)10(12)15-6-3;8-5-2-1-4(7(10)11)3-6(5)9;1-2(3)4/h3-6H,2H2,1H3,(H,16,17,18);7H,4-6H2,1-3H3;1-3H,(H3,10,11);1H3,(H,3,4). The number of ether oxygens (including phenoxy) is 4. The Morgan fingerprint density at radius 2 is 1.34 bits per heavy atom. The third kappa shape index (κ3) is 16.2. The molecule has 3 rings (SSSR count). The van der Waals surface area contributed by atoms with Crippen LogP contribution in [0.25, 0.3) is 11.4 Å². The Labute approximate surface area is 283 Å². The Balaban J connectivity index is 0.000000709. The number of aromatic nitrogens is 2. The molecule has 14 nitrogen and oxygen atoms in total. The number of carboxylic acids is 1. The SMILES string of the molecule is CC(=O)O.CCOC(=O)c1cnc(-c2ccc(F)c(F)c2)[nH]c1=O.CCOC=C(C(=O)OCC)C(=O)OCC.N=C(N)c1ccc(F)c(F)c1. The molecular formula is C32H36F4N4O10. The van der Waals surface area contributed by atoms with Gasteiger partial charge >= 0.3 is 17.9 Å². The van der Waals surface area contributed by atoms with Gasteiger partial charge in [-0.2, -0.15) is 0 Å². The highest BCUT2D eigenvalue weighted by atomic mass is 19.2. The number of nitrogen functional groups attached to an aromatic ring is 1. The first-order chi connectivity index (χ1) is 23.5. The molecule has 272 valence electrons. The van der Waals surface area contributed by atoms with Gasteiger partial charge in [-0.1, -0.05) is 0 Å². The molecule has 50 heavy (non-hydrogen) atoms. The highest BCUT2D eigenvalue weighted by Gasteiger charge is 2.21. The smallest absolute Gasteiger partial charge is 0.348 e. The molecule has 3 aromatic rings. The number of rotatable bonds is 10. The molecule has 0 amide bonds. The van der Waals surface area contributed by atoms with Crippen LogP contribution in [0.4, 0.5) is 17.6 Å². The number of aromatic amines is 1. The lowest BCUT2D eigenvalue weighted by Gasteiger charge is -2.06. The number of carbonyl (C=O) groups excluding carboxylic acids is 3. The highest BCUT2D eigenvalue weighted by Crippen LogP contribution is 2.17. The van der Waals surface area contributed by atoms with Crippen LogP contribution in [0, 0.1) is 28.7 Å². The highest BCUT2D eigenvalue weighted by molar-refractivity contribution is 6.13. The van der Waals surface area contributed by atoms with Gasteiger partial charge in [0.15, 0.2) is 28.8 Å². The number of esters is 3. The first-order valence-electron chi connectivity index (χ1n) is 14.4. The summed E-state index contributed by atoms with van der Waals surface area (Å²) in [6.07, 6.45) is 2.10. The van der Waals surface area contributed by atoms with Gasteiger partial charge in [0.05, 0.1) is 26.4 Å². The lowest BCUT2D eigenvalue weighted by Crippen LogP contribution is -2.21. The molecule has 0 unspecified atom stereocenters. The summed E-state index contributed by atoms with van der Waals surface area (Å²) in [6.45, 7) is 8.62. The number of halogens is 4. The summed E-state index contributed by atoms with van der Waals surface area (Å²) in [4.78, 5) is 60.9. The Morgan fingerprint density at radius 1 is 0.840 bits per heavy atom. The number of hydrogen-bond donors (Lipinski definition) is 4. The number of amidine groups is 1. The van der Waals surface area contributed by atoms with Gasteiger partial charge < -0.3 is 34.8 Å². The normalized spacial score (nSPS) is 9.46. The van der Waals surface area contributed by atoms with Crippen molar-refractivity contribution in [2.45, 2.75) is 34.6 Å². The largest absolute Gasteiger partial charge is 0.500 e. The molecule has 0 saturated carbocycles. The van der Waals surface area contributed by atoms with Crippen LogP contribution in [0.2, 0.25) is 0 Å². The van der Waals surface area contributed by atoms with Gasteiger partial charge in [-0.15, -0.1) is 0 Å². The van der Waals surface area contributed by atoms with Crippen LogP contribution in [-0.4, -0.2) is 71.2 Å². The van der Waals surface area contributed by atoms with E-state index >= 15 is 0 Å². The van der Waals surface area contributed by atoms with E-state index in [1.54, 1.807) is 27.7 Å². The van der Waals surface area contributed by atoms with E-state index < -0.39 is 52.7 Å². The molecule has 0 aliphatic heterocycles. The molecule has 0 aliphatic rings. The third-order valence-corrected chi connectivity index (χ3v) is 5.08. The molecule has 0 atom stereocenters. The summed E-state index contributed by atoms with van der Waals surface area (Å²) in [5.41, 5.74) is 4.22. The van der Waals surface area contributed by atoms with E-state index in [0.29, 0.717) is 6.61 Å². The average Bonchev–Trinajstić information content (AvgIpc) is 3.04. The van der Waals surface area contributed by atoms with Gasteiger partial charge in [0, 0.05) is 24.2 Å². The summed E-state index contributed by atoms with van der Waals surface area (Å²) in [5, 5.41) is 14.3. The molecule has 0 fully saturated rings. The fourth-order valence-corrected chi connectivity index (χ4v) is 2.97. The quantitative estimate of drug-likeness (QED) is 0.0267. The number of aliphatic carboxylic acids is 1. The molecular weight excluding hydrogens is 676 g/mol. The fourth-order valence-electron chi connectivity index (χ4n) is 2.97. The van der Waals surface area contributed by atoms with Crippen molar-refractivity contribution >= 4 is 29.7 Å². The second-order valence-electron chi connectivity index (χ2n) is 8.81. The number of benzene rings is 2. The van der Waals surface area contributed by atoms with E-state index in [-0.39, 0.29) is 53.7 Å². The minimum absolute atomic E-state index is 0.0296. The van der Waals surface area contributed by atoms with E-state index in [9.17, 15) is 36.7 Å². The van der Waals surface area contributed by atoms with Crippen molar-refractivity contribution < 1.29 is 60.8 Å². The molecule has 0 bridgehead atoms. The van der Waals surface area contributed by atoms with Crippen LogP contribution in [-0.2, 0) is 33.3 Å². The Morgan fingerprint density at radius 3 is 1.76 bits per heavy atom. The molecule has 1 heterocycles. The van der Waals surface area contributed by atoms with Crippen molar-refractivity contribution in [1.29, 1.82) is 5.41 Å². The van der Waals surface area contributed by atoms with Crippen LogP contribution in [0.15, 0.2) is 59.2 Å². The zero-order valence-corrected chi connectivity index (χ0v) is 27.6. The van der Waals surface area contributed by atoms with Crippen molar-refractivity contribution in [3.63, 3.8) is 0 Å². The molecule has 0 saturated heterocycles. The zero-order chi connectivity index (χ0) is 38.4. The van der Waals surface area contributed by atoms with E-state index in [1.807, 2.05) is 0 Å². The molecule has 2 aromatic carbocycles. The predicted molar refractivity (Wildman–Crippen MR) is 170 cm³/mol. The lowest BCUT2D eigenvalue weighted by atomic mass is 10.2. The Hall–Kier alpha value is -6.07. The van der Waals surface area contributed by atoms with Crippen molar-refractivity contribution in [3.8, 4) is 11.4 Å². The first-order valence-corrected chi connectivity index (χ1v) is 14.4. The maximum absolute atomic E-state index is 13.1. The van der Waals surface area contributed by atoms with E-state index in [1.165, 1.54) is 12.1 Å². The Bertz CT molecular complexity index is 1690. The van der Waals surface area contributed by atoms with Crippen LogP contribution < -0.4 is 11.3 Å². The maximum Gasteiger partial charge on any atom is 0.348 e. The number of nitrogens with zero attached hydrogens (tertiary/aromatic N) is 1. The molecule has 5 N–H and O–H groups in total. The maximum atomic E-state index is 13.1. The number of nitrogens with two attached hydrogens (primary N) is 1. The lowest BCUT2D eigenvalue weighted by molar-refractivity contribution is -0.147. The molecule has 1 aromatic heterocycles. The van der Waals surface area contributed by atoms with Crippen molar-refractivity contribution in [3.05, 3.63) is 99.2 Å². The Kier molecular flexibility index (Phi) is 20.5.